The maximum absolute atomic E-state index is 13.8. The maximum Gasteiger partial charge on any atom is 1.00 e. The van der Waals surface area contributed by atoms with Crippen LogP contribution in [0.1, 0.15) is 36.6 Å². The number of amides is 1. The van der Waals surface area contributed by atoms with Gasteiger partial charge in [0, 0.05) is 43.9 Å². The monoisotopic (exact) mass is 520 g/mol. The van der Waals surface area contributed by atoms with Crippen molar-refractivity contribution in [3.05, 3.63) is 58.3 Å². The van der Waals surface area contributed by atoms with Crippen molar-refractivity contribution in [3.63, 3.8) is 0 Å². The zero-order valence-electron chi connectivity index (χ0n) is 21.4. The van der Waals surface area contributed by atoms with E-state index in [1.165, 1.54) is 19.5 Å². The van der Waals surface area contributed by atoms with Crippen LogP contribution in [-0.2, 0) is 11.3 Å². The third-order valence-electron chi connectivity index (χ3n) is 7.02. The summed E-state index contributed by atoms with van der Waals surface area (Å²) >= 11 is 0. The predicted octanol–water partition coefficient (Wildman–Crippen LogP) is -0.477. The van der Waals surface area contributed by atoms with Gasteiger partial charge in [0.2, 0.25) is 0 Å². The van der Waals surface area contributed by atoms with Crippen molar-refractivity contribution in [2.45, 2.75) is 38.6 Å². The van der Waals surface area contributed by atoms with E-state index in [0.717, 1.165) is 56.1 Å². The summed E-state index contributed by atoms with van der Waals surface area (Å²) in [5.74, 6) is 0.248. The summed E-state index contributed by atoms with van der Waals surface area (Å²) in [5.41, 5.74) is 13.6. The van der Waals surface area contributed by atoms with Crippen LogP contribution in [0, 0.1) is 18.2 Å². The molecule has 2 aliphatic rings. The van der Waals surface area contributed by atoms with Gasteiger partial charge in [0.15, 0.2) is 0 Å². The molecule has 5 N–H and O–H groups in total. The van der Waals surface area contributed by atoms with Crippen LogP contribution in [0.5, 0.6) is 0 Å². The van der Waals surface area contributed by atoms with E-state index in [1.807, 2.05) is 11.0 Å². The Morgan fingerprint density at radius 1 is 1.19 bits per heavy atom. The van der Waals surface area contributed by atoms with E-state index < -0.39 is 5.91 Å². The number of primary amides is 1. The van der Waals surface area contributed by atoms with Gasteiger partial charge >= 0.3 is 51.4 Å². The van der Waals surface area contributed by atoms with Gasteiger partial charge in [-0.25, -0.2) is 9.37 Å². The average Bonchev–Trinajstić information content (AvgIpc) is 3.23. The minimum Gasteiger partial charge on any atom is -0.494 e. The molecule has 2 aromatic rings. The zero-order valence-corrected chi connectivity index (χ0v) is 24.6. The number of amidine groups is 1. The van der Waals surface area contributed by atoms with Crippen LogP contribution < -0.4 is 62.9 Å². The van der Waals surface area contributed by atoms with Gasteiger partial charge in [-0.3, -0.25) is 10.2 Å². The number of rotatable bonds is 8. The first-order chi connectivity index (χ1) is 16.8. The smallest absolute Gasteiger partial charge is 0.494 e. The zero-order chi connectivity index (χ0) is 25.1. The molecule has 0 saturated carbocycles. The number of hydrogen-bond donors (Lipinski definition) is 3. The Hall–Kier alpha value is -1.76. The molecular weight excluding hydrogens is 486 g/mol. The van der Waals surface area contributed by atoms with Gasteiger partial charge in [0.05, 0.1) is 11.3 Å². The number of aromatic nitrogens is 2. The molecule has 11 heteroatoms. The van der Waals surface area contributed by atoms with Crippen LogP contribution in [0.15, 0.2) is 35.8 Å². The number of halogens is 1. The van der Waals surface area contributed by atoms with Gasteiger partial charge < -0.3 is 31.2 Å². The Morgan fingerprint density at radius 2 is 1.89 bits per heavy atom. The predicted molar refractivity (Wildman–Crippen MR) is 134 cm³/mol. The molecule has 4 rings (SSSR count). The molecule has 2 aliphatic heterocycles. The normalized spacial score (nSPS) is 17.1. The topological polar surface area (TPSA) is 131 Å². The van der Waals surface area contributed by atoms with E-state index in [0.29, 0.717) is 18.7 Å². The molecule has 1 amide bonds. The molecule has 2 fully saturated rings. The van der Waals surface area contributed by atoms with Gasteiger partial charge in [-0.2, -0.15) is 0 Å². The number of likely N-dealkylation sites (tertiary alicyclic amines) is 2. The van der Waals surface area contributed by atoms with Gasteiger partial charge in [-0.1, -0.05) is 12.9 Å². The Balaban J connectivity index is 0.00000361. The number of nitrogens with one attached hydrogen (secondary N) is 1. The number of carbonyl (C=O) groups is 1. The summed E-state index contributed by atoms with van der Waals surface area (Å²) in [6.45, 7) is 7.03. The van der Waals surface area contributed by atoms with Crippen molar-refractivity contribution < 1.29 is 60.6 Å². The summed E-state index contributed by atoms with van der Waals surface area (Å²) in [4.78, 5) is 21.1. The number of benzene rings is 1. The van der Waals surface area contributed by atoms with E-state index in [-0.39, 0.29) is 80.3 Å². The van der Waals surface area contributed by atoms with E-state index in [4.69, 9.17) is 21.9 Å². The minimum absolute atomic E-state index is 0. The van der Waals surface area contributed by atoms with Crippen molar-refractivity contribution in [2.75, 3.05) is 39.8 Å². The second-order valence-corrected chi connectivity index (χ2v) is 9.29. The quantitative estimate of drug-likeness (QED) is 0.187. The summed E-state index contributed by atoms with van der Waals surface area (Å²) in [5, 5.41) is 12.3. The average molecular weight is 521 g/mol. The van der Waals surface area contributed by atoms with Gasteiger partial charge in [0.1, 0.15) is 17.5 Å². The van der Waals surface area contributed by atoms with Crippen LogP contribution in [0.4, 0.5) is 4.39 Å². The van der Waals surface area contributed by atoms with Crippen molar-refractivity contribution in [1.29, 1.82) is 5.41 Å². The molecule has 188 valence electrons. The van der Waals surface area contributed by atoms with Crippen LogP contribution in [0.2, 0.25) is 0 Å². The Morgan fingerprint density at radius 3 is 2.44 bits per heavy atom. The van der Waals surface area contributed by atoms with Gasteiger partial charge in [-0.05, 0) is 63.0 Å². The Bertz CT molecular complexity index is 1140. The number of piperidine rings is 1. The summed E-state index contributed by atoms with van der Waals surface area (Å²) in [7, 11) is 1.47. The largest absolute Gasteiger partial charge is 1.00 e. The molecule has 1 aromatic carbocycles. The SMILES string of the molecule is C[N-]/C(N)=C(\C(=N)N1CCC(c2nc(-c3ccc(F)c(C)c3)cn2CCN2CCC2)CC1)C(N)=O.[K+]. The van der Waals surface area contributed by atoms with Gasteiger partial charge in [0.25, 0.3) is 5.91 Å². The fraction of sp³-hybridized carbons (Fsp3) is 0.480. The van der Waals surface area contributed by atoms with Crippen LogP contribution in [0.25, 0.3) is 16.6 Å². The van der Waals surface area contributed by atoms with Crippen LogP contribution in [-0.4, -0.2) is 70.9 Å². The van der Waals surface area contributed by atoms with Gasteiger partial charge in [-0.15, -0.1) is 0 Å². The van der Waals surface area contributed by atoms with Crippen LogP contribution in [0.3, 0.4) is 0 Å². The summed E-state index contributed by atoms with van der Waals surface area (Å²) in [6, 6.07) is 5.11. The maximum atomic E-state index is 13.8. The third-order valence-corrected chi connectivity index (χ3v) is 7.02. The fourth-order valence-corrected chi connectivity index (χ4v) is 4.73. The summed E-state index contributed by atoms with van der Waals surface area (Å²) < 4.78 is 16.1. The van der Waals surface area contributed by atoms with Crippen molar-refractivity contribution >= 4 is 11.7 Å². The molecule has 2 saturated heterocycles. The van der Waals surface area contributed by atoms with Crippen LogP contribution >= 0.6 is 0 Å². The molecule has 36 heavy (non-hydrogen) atoms. The van der Waals surface area contributed by atoms with E-state index >= 15 is 0 Å². The number of nitrogens with two attached hydrogens (primary N) is 2. The molecule has 0 spiro atoms. The second-order valence-electron chi connectivity index (χ2n) is 9.29. The molecule has 0 bridgehead atoms. The molecule has 0 radical (unpaired) electrons. The second kappa shape index (κ2) is 12.7. The van der Waals surface area contributed by atoms with Crippen molar-refractivity contribution in [1.82, 2.24) is 19.4 Å². The molecule has 0 unspecified atom stereocenters. The number of hydrogen-bond acceptors (Lipinski definition) is 5. The van der Waals surface area contributed by atoms with E-state index in [1.54, 1.807) is 13.0 Å². The number of aryl methyl sites for hydroxylation is 1. The first-order valence-corrected chi connectivity index (χ1v) is 12.1. The number of nitrogens with zero attached hydrogens (tertiary/aromatic N) is 5. The first-order valence-electron chi connectivity index (χ1n) is 12.1. The molecule has 0 aliphatic carbocycles. The first kappa shape index (κ1) is 28.8. The van der Waals surface area contributed by atoms with E-state index in [9.17, 15) is 9.18 Å². The fourth-order valence-electron chi connectivity index (χ4n) is 4.73. The molecule has 9 nitrogen and oxygen atoms in total. The molecule has 3 heterocycles. The third kappa shape index (κ3) is 6.38. The van der Waals surface area contributed by atoms with E-state index in [2.05, 4.69) is 21.0 Å². The molecule has 0 atom stereocenters. The van der Waals surface area contributed by atoms with Crippen molar-refractivity contribution in [3.8, 4) is 11.3 Å². The molecular formula is C25H34FKN8O. The number of carbonyl (C=O) groups excluding carboxylic acids is 1. The summed E-state index contributed by atoms with van der Waals surface area (Å²) in [6.07, 6.45) is 4.88. The van der Waals surface area contributed by atoms with Crippen molar-refractivity contribution in [2.24, 2.45) is 11.5 Å². The molecule has 1 aromatic heterocycles. The standard InChI is InChI=1S/C25H35FN8O.K/c1-16-14-18(4-5-19(16)26)20-15-34(13-12-32-8-3-9-32)25(31-20)17-6-10-33(11-7-17)23(28)21(24(29)35)22(27)30-2;/h4-5,14-15,17H,3,6-13H2,1-2H3,(H6,27,28,29,30,35);/q;+1/p-1. The minimum atomic E-state index is -0.749. The Labute approximate surface area is 254 Å². The number of imidazole rings is 1. The Kier molecular flexibility index (Phi) is 10.1.